The van der Waals surface area contributed by atoms with E-state index in [0.29, 0.717) is 0 Å². The zero-order valence-corrected chi connectivity index (χ0v) is 12.9. The Hall–Kier alpha value is -1.87. The monoisotopic (exact) mass is 327 g/mol. The zero-order chi connectivity index (χ0) is 14.3. The highest BCUT2D eigenvalue weighted by Crippen LogP contribution is 2.31. The highest BCUT2D eigenvalue weighted by molar-refractivity contribution is 9.10. The molecule has 20 heavy (non-hydrogen) atoms. The minimum absolute atomic E-state index is 0.0975. The summed E-state index contributed by atoms with van der Waals surface area (Å²) in [7, 11) is 0. The molecular formula is C17H14BrNO. The van der Waals surface area contributed by atoms with E-state index in [1.165, 1.54) is 0 Å². The van der Waals surface area contributed by atoms with E-state index in [1.54, 1.807) is 6.92 Å². The predicted molar refractivity (Wildman–Crippen MR) is 85.7 cm³/mol. The van der Waals surface area contributed by atoms with E-state index >= 15 is 0 Å². The Kier molecular flexibility index (Phi) is 3.22. The molecule has 0 aliphatic carbocycles. The first-order valence-corrected chi connectivity index (χ1v) is 7.26. The van der Waals surface area contributed by atoms with E-state index in [1.807, 2.05) is 43.3 Å². The molecule has 3 heteroatoms. The van der Waals surface area contributed by atoms with E-state index in [9.17, 15) is 4.79 Å². The highest BCUT2D eigenvalue weighted by atomic mass is 79.9. The lowest BCUT2D eigenvalue weighted by molar-refractivity contribution is 0.101. The van der Waals surface area contributed by atoms with Crippen molar-refractivity contribution < 1.29 is 4.79 Å². The average Bonchev–Trinajstić information content (AvgIpc) is 2.71. The van der Waals surface area contributed by atoms with Gasteiger partial charge in [-0.2, -0.15) is 0 Å². The van der Waals surface area contributed by atoms with Crippen molar-refractivity contribution in [1.82, 2.24) is 4.57 Å². The van der Waals surface area contributed by atoms with Gasteiger partial charge in [-0.25, -0.2) is 0 Å². The highest BCUT2D eigenvalue weighted by Gasteiger charge is 2.18. The minimum atomic E-state index is 0.0975. The first kappa shape index (κ1) is 13.1. The number of rotatable bonds is 2. The van der Waals surface area contributed by atoms with E-state index in [4.69, 9.17) is 0 Å². The van der Waals surface area contributed by atoms with Crippen LogP contribution in [0.25, 0.3) is 16.6 Å². The number of ketones is 1. The summed E-state index contributed by atoms with van der Waals surface area (Å²) in [5.41, 5.74) is 3.91. The summed E-state index contributed by atoms with van der Waals surface area (Å²) in [5, 5.41) is 0.994. The molecule has 0 radical (unpaired) electrons. The Bertz CT molecular complexity index is 803. The van der Waals surface area contributed by atoms with Gasteiger partial charge in [-0.3, -0.25) is 4.79 Å². The topological polar surface area (TPSA) is 22.0 Å². The summed E-state index contributed by atoms with van der Waals surface area (Å²) in [6.07, 6.45) is 0. The van der Waals surface area contributed by atoms with Crippen LogP contribution in [0.5, 0.6) is 0 Å². The average molecular weight is 328 g/mol. The number of carbonyl (C=O) groups is 1. The smallest absolute Gasteiger partial charge is 0.162 e. The molecule has 3 rings (SSSR count). The number of Topliss-reactive ketones (excluding diaryl/α,β-unsaturated/α-hetero) is 1. The summed E-state index contributed by atoms with van der Waals surface area (Å²) in [5.74, 6) is 0.0975. The number of benzene rings is 2. The second kappa shape index (κ2) is 4.91. The summed E-state index contributed by atoms with van der Waals surface area (Å²) in [6.45, 7) is 3.62. The van der Waals surface area contributed by atoms with Crippen LogP contribution in [0.2, 0.25) is 0 Å². The fourth-order valence-electron chi connectivity index (χ4n) is 2.75. The van der Waals surface area contributed by atoms with Crippen molar-refractivity contribution in [2.24, 2.45) is 0 Å². The van der Waals surface area contributed by atoms with Crippen molar-refractivity contribution in [3.8, 4) is 5.69 Å². The van der Waals surface area contributed by atoms with Crippen LogP contribution in [0.15, 0.2) is 53.0 Å². The van der Waals surface area contributed by atoms with Gasteiger partial charge in [-0.1, -0.05) is 34.1 Å². The molecular weight excluding hydrogens is 314 g/mol. The van der Waals surface area contributed by atoms with Crippen LogP contribution in [-0.4, -0.2) is 10.4 Å². The fourth-order valence-corrected chi connectivity index (χ4v) is 3.11. The first-order chi connectivity index (χ1) is 9.59. The van der Waals surface area contributed by atoms with E-state index in [0.717, 1.165) is 32.3 Å². The molecule has 0 aliphatic rings. The molecule has 1 aromatic heterocycles. The molecule has 0 aliphatic heterocycles. The number of para-hydroxylation sites is 1. The number of fused-ring (bicyclic) bond motifs is 1. The number of hydrogen-bond acceptors (Lipinski definition) is 1. The zero-order valence-electron chi connectivity index (χ0n) is 11.4. The van der Waals surface area contributed by atoms with Crippen molar-refractivity contribution in [3.63, 3.8) is 0 Å². The number of nitrogens with zero attached hydrogens (tertiary/aromatic N) is 1. The van der Waals surface area contributed by atoms with Crippen LogP contribution in [-0.2, 0) is 0 Å². The van der Waals surface area contributed by atoms with Gasteiger partial charge >= 0.3 is 0 Å². The number of hydrogen-bond donors (Lipinski definition) is 0. The lowest BCUT2D eigenvalue weighted by Gasteiger charge is -2.08. The lowest BCUT2D eigenvalue weighted by atomic mass is 10.1. The molecule has 0 saturated heterocycles. The Morgan fingerprint density at radius 1 is 1.10 bits per heavy atom. The molecule has 0 unspecified atom stereocenters. The maximum atomic E-state index is 12.0. The SMILES string of the molecule is CC(=O)c1c(C)n(-c2ccccc2)c2ccc(Br)cc12. The van der Waals surface area contributed by atoms with Gasteiger partial charge in [0.25, 0.3) is 0 Å². The molecule has 0 fully saturated rings. The van der Waals surface area contributed by atoms with Gasteiger partial charge in [-0.05, 0) is 44.2 Å². The Labute approximate surface area is 126 Å². The van der Waals surface area contributed by atoms with Gasteiger partial charge in [0.1, 0.15) is 0 Å². The molecule has 0 amide bonds. The minimum Gasteiger partial charge on any atom is -0.313 e. The normalized spacial score (nSPS) is 10.9. The molecule has 2 nitrogen and oxygen atoms in total. The molecule has 0 spiro atoms. The summed E-state index contributed by atoms with van der Waals surface area (Å²) in [6, 6.07) is 16.2. The molecule has 0 atom stereocenters. The van der Waals surface area contributed by atoms with Crippen LogP contribution in [0.1, 0.15) is 23.0 Å². The first-order valence-electron chi connectivity index (χ1n) is 6.46. The van der Waals surface area contributed by atoms with Crippen LogP contribution in [0, 0.1) is 6.92 Å². The van der Waals surface area contributed by atoms with Gasteiger partial charge < -0.3 is 4.57 Å². The molecule has 3 aromatic rings. The van der Waals surface area contributed by atoms with Crippen molar-refractivity contribution in [3.05, 3.63) is 64.3 Å². The quantitative estimate of drug-likeness (QED) is 0.613. The van der Waals surface area contributed by atoms with Gasteiger partial charge in [0, 0.05) is 26.8 Å². The van der Waals surface area contributed by atoms with Gasteiger partial charge in [0.2, 0.25) is 0 Å². The maximum Gasteiger partial charge on any atom is 0.162 e. The van der Waals surface area contributed by atoms with Gasteiger partial charge in [0.05, 0.1) is 5.52 Å². The third-order valence-corrected chi connectivity index (χ3v) is 4.03. The molecule has 100 valence electrons. The summed E-state index contributed by atoms with van der Waals surface area (Å²) >= 11 is 3.49. The van der Waals surface area contributed by atoms with Gasteiger partial charge in [-0.15, -0.1) is 0 Å². The molecule has 1 heterocycles. The third-order valence-electron chi connectivity index (χ3n) is 3.53. The van der Waals surface area contributed by atoms with Crippen LogP contribution in [0.4, 0.5) is 0 Å². The third kappa shape index (κ3) is 1.98. The summed E-state index contributed by atoms with van der Waals surface area (Å²) < 4.78 is 3.12. The van der Waals surface area contributed by atoms with Crippen molar-refractivity contribution >= 4 is 32.6 Å². The van der Waals surface area contributed by atoms with Gasteiger partial charge in [0.15, 0.2) is 5.78 Å². The number of carbonyl (C=O) groups excluding carboxylic acids is 1. The van der Waals surface area contributed by atoms with E-state index in [-0.39, 0.29) is 5.78 Å². The van der Waals surface area contributed by atoms with E-state index in [2.05, 4.69) is 32.6 Å². The Morgan fingerprint density at radius 3 is 2.45 bits per heavy atom. The maximum absolute atomic E-state index is 12.0. The molecule has 0 bridgehead atoms. The second-order valence-corrected chi connectivity index (χ2v) is 5.76. The van der Waals surface area contributed by atoms with Crippen molar-refractivity contribution in [2.45, 2.75) is 13.8 Å². The van der Waals surface area contributed by atoms with Crippen LogP contribution in [0.3, 0.4) is 0 Å². The largest absolute Gasteiger partial charge is 0.313 e. The summed E-state index contributed by atoms with van der Waals surface area (Å²) in [4.78, 5) is 12.0. The lowest BCUT2D eigenvalue weighted by Crippen LogP contribution is -1.99. The number of halogens is 1. The van der Waals surface area contributed by atoms with Crippen molar-refractivity contribution in [1.29, 1.82) is 0 Å². The second-order valence-electron chi connectivity index (χ2n) is 4.85. The van der Waals surface area contributed by atoms with Crippen molar-refractivity contribution in [2.75, 3.05) is 0 Å². The van der Waals surface area contributed by atoms with Crippen LogP contribution < -0.4 is 0 Å². The van der Waals surface area contributed by atoms with Crippen LogP contribution >= 0.6 is 15.9 Å². The molecule has 0 N–H and O–H groups in total. The molecule has 0 saturated carbocycles. The standard InChI is InChI=1S/C17H14BrNO/c1-11-17(12(2)20)15-10-13(18)8-9-16(15)19(11)14-6-4-3-5-7-14/h3-10H,1-2H3. The Morgan fingerprint density at radius 2 is 1.80 bits per heavy atom. The van der Waals surface area contributed by atoms with E-state index < -0.39 is 0 Å². The Balaban J connectivity index is 2.44. The fraction of sp³-hybridized carbons (Fsp3) is 0.118. The molecule has 2 aromatic carbocycles. The number of aromatic nitrogens is 1. The predicted octanol–water partition coefficient (Wildman–Crippen LogP) is 4.90.